The third kappa shape index (κ3) is 2.60. The van der Waals surface area contributed by atoms with Gasteiger partial charge in [0.15, 0.2) is 0 Å². The zero-order valence-corrected chi connectivity index (χ0v) is 9.68. The molecule has 0 spiro atoms. The van der Waals surface area contributed by atoms with Gasteiger partial charge in [-0.25, -0.2) is 9.65 Å². The number of alkyl halides is 3. The van der Waals surface area contributed by atoms with Gasteiger partial charge in [-0.1, -0.05) is 23.9 Å². The minimum absolute atomic E-state index is 0.199. The standard InChI is InChI=1S/C11H9BF3NS/c13-10(14)17-9-3-1-8(2-4-9)11(15)5-12(6-11)7-16/h1-4,10H,5-6H2. The van der Waals surface area contributed by atoms with Crippen LogP contribution in [0.5, 0.6) is 0 Å². The second-order valence-electron chi connectivity index (χ2n) is 4.10. The van der Waals surface area contributed by atoms with E-state index in [2.05, 4.69) is 0 Å². The monoisotopic (exact) mass is 255 g/mol. The molecular formula is C11H9BF3NS. The maximum Gasteiger partial charge on any atom is 0.288 e. The van der Waals surface area contributed by atoms with E-state index in [1.54, 1.807) is 0 Å². The normalized spacial score (nSPS) is 17.7. The van der Waals surface area contributed by atoms with Gasteiger partial charge in [-0.3, -0.25) is 0 Å². The van der Waals surface area contributed by atoms with E-state index in [0.717, 1.165) is 0 Å². The van der Waals surface area contributed by atoms with Crippen LogP contribution in [0.4, 0.5) is 13.2 Å². The van der Waals surface area contributed by atoms with Crippen molar-refractivity contribution in [3.05, 3.63) is 29.8 Å². The lowest BCUT2D eigenvalue weighted by Gasteiger charge is -2.36. The van der Waals surface area contributed by atoms with Gasteiger partial charge < -0.3 is 0 Å². The molecule has 0 bridgehead atoms. The molecule has 0 aromatic heterocycles. The molecule has 0 aliphatic carbocycles. The fourth-order valence-corrected chi connectivity index (χ4v) is 2.48. The van der Waals surface area contributed by atoms with Crippen LogP contribution in [0, 0.1) is 11.2 Å². The maximum absolute atomic E-state index is 14.2. The molecule has 17 heavy (non-hydrogen) atoms. The Labute approximate surface area is 102 Å². The van der Waals surface area contributed by atoms with Crippen molar-refractivity contribution in [3.63, 3.8) is 0 Å². The molecule has 1 aliphatic heterocycles. The highest BCUT2D eigenvalue weighted by Gasteiger charge is 2.48. The smallest absolute Gasteiger partial charge is 0.240 e. The Morgan fingerprint density at radius 2 is 1.88 bits per heavy atom. The molecule has 0 amide bonds. The Morgan fingerprint density at radius 1 is 1.29 bits per heavy atom. The Bertz CT molecular complexity index is 437. The number of rotatable bonds is 3. The summed E-state index contributed by atoms with van der Waals surface area (Å²) in [5, 5.41) is 8.61. The quantitative estimate of drug-likeness (QED) is 0.606. The molecule has 0 atom stereocenters. The first kappa shape index (κ1) is 12.4. The lowest BCUT2D eigenvalue weighted by atomic mass is 9.31. The SMILES string of the molecule is N#CB1CC(F)(c2ccc(SC(F)F)cc2)C1. The van der Waals surface area contributed by atoms with Crippen LogP contribution in [0.3, 0.4) is 0 Å². The Morgan fingerprint density at radius 3 is 2.35 bits per heavy atom. The van der Waals surface area contributed by atoms with Gasteiger partial charge in [-0.05, 0) is 30.3 Å². The van der Waals surface area contributed by atoms with Crippen LogP contribution < -0.4 is 0 Å². The summed E-state index contributed by atoms with van der Waals surface area (Å²) in [6, 6.07) is 6.04. The highest BCUT2D eigenvalue weighted by molar-refractivity contribution is 7.99. The third-order valence-electron chi connectivity index (χ3n) is 2.92. The number of nitriles is 1. The minimum Gasteiger partial charge on any atom is -0.240 e. The molecule has 0 radical (unpaired) electrons. The van der Waals surface area contributed by atoms with Crippen LogP contribution in [0.2, 0.25) is 12.6 Å². The second kappa shape index (κ2) is 4.65. The van der Waals surface area contributed by atoms with Gasteiger partial charge in [-0.15, -0.1) is 0 Å². The average molecular weight is 255 g/mol. The van der Waals surface area contributed by atoms with Gasteiger partial charge in [0.1, 0.15) is 5.67 Å². The number of thioether (sulfide) groups is 1. The van der Waals surface area contributed by atoms with E-state index in [1.807, 2.05) is 5.97 Å². The topological polar surface area (TPSA) is 23.8 Å². The van der Waals surface area contributed by atoms with Crippen molar-refractivity contribution >= 4 is 18.5 Å². The maximum atomic E-state index is 14.2. The first-order chi connectivity index (χ1) is 8.03. The Hall–Kier alpha value is -1.09. The van der Waals surface area contributed by atoms with Crippen molar-refractivity contribution in [2.24, 2.45) is 0 Å². The van der Waals surface area contributed by atoms with E-state index in [0.29, 0.717) is 22.2 Å². The highest BCUT2D eigenvalue weighted by atomic mass is 32.2. The number of halogens is 3. The Balaban J connectivity index is 2.06. The van der Waals surface area contributed by atoms with Gasteiger partial charge in [0.2, 0.25) is 0 Å². The third-order valence-corrected chi connectivity index (χ3v) is 3.64. The van der Waals surface area contributed by atoms with Gasteiger partial charge in [-0.2, -0.15) is 8.78 Å². The first-order valence-corrected chi connectivity index (χ1v) is 6.05. The minimum atomic E-state index is -2.47. The molecule has 0 saturated carbocycles. The zero-order valence-electron chi connectivity index (χ0n) is 8.87. The summed E-state index contributed by atoms with van der Waals surface area (Å²) in [6.07, 6.45) is 0.398. The fraction of sp³-hybridized carbons (Fsp3) is 0.364. The molecule has 1 saturated heterocycles. The highest BCUT2D eigenvalue weighted by Crippen LogP contribution is 2.46. The summed E-state index contributed by atoms with van der Waals surface area (Å²) in [4.78, 5) is 0.420. The van der Waals surface area contributed by atoms with Gasteiger partial charge in [0.05, 0.1) is 0 Å². The average Bonchev–Trinajstić information content (AvgIpc) is 2.25. The fourth-order valence-electron chi connectivity index (χ4n) is 1.98. The zero-order chi connectivity index (χ0) is 12.5. The van der Waals surface area contributed by atoms with Crippen molar-refractivity contribution in [1.29, 1.82) is 5.26 Å². The lowest BCUT2D eigenvalue weighted by molar-refractivity contribution is 0.193. The van der Waals surface area contributed by atoms with Crippen LogP contribution in [0.15, 0.2) is 29.2 Å². The number of hydrogen-bond acceptors (Lipinski definition) is 2. The number of nitrogens with zero attached hydrogens (tertiary/aromatic N) is 1. The van der Waals surface area contributed by atoms with Crippen LogP contribution in [-0.4, -0.2) is 12.5 Å². The van der Waals surface area contributed by atoms with E-state index in [-0.39, 0.29) is 19.4 Å². The van der Waals surface area contributed by atoms with Crippen LogP contribution in [-0.2, 0) is 5.67 Å². The van der Waals surface area contributed by atoms with Crippen molar-refractivity contribution in [1.82, 2.24) is 0 Å². The summed E-state index contributed by atoms with van der Waals surface area (Å²) in [5.41, 5.74) is -0.975. The molecule has 1 heterocycles. The summed E-state index contributed by atoms with van der Waals surface area (Å²) >= 11 is 0.440. The molecule has 2 rings (SSSR count). The molecule has 1 aliphatic rings. The largest absolute Gasteiger partial charge is 0.288 e. The summed E-state index contributed by atoms with van der Waals surface area (Å²) < 4.78 is 38.3. The number of hydrogen-bond donors (Lipinski definition) is 0. The van der Waals surface area contributed by atoms with E-state index >= 15 is 0 Å². The molecule has 1 aromatic rings. The summed E-state index contributed by atoms with van der Waals surface area (Å²) in [6.45, 7) is -0.227. The van der Waals surface area contributed by atoms with Crippen molar-refractivity contribution in [3.8, 4) is 5.97 Å². The molecule has 1 nitrogen and oxygen atoms in total. The van der Waals surface area contributed by atoms with Crippen molar-refractivity contribution in [2.75, 3.05) is 0 Å². The van der Waals surface area contributed by atoms with E-state index < -0.39 is 11.4 Å². The molecule has 0 N–H and O–H groups in total. The van der Waals surface area contributed by atoms with Crippen LogP contribution in [0.25, 0.3) is 0 Å². The molecule has 0 unspecified atom stereocenters. The van der Waals surface area contributed by atoms with Crippen molar-refractivity contribution < 1.29 is 13.2 Å². The predicted molar refractivity (Wildman–Crippen MR) is 62.1 cm³/mol. The summed E-state index contributed by atoms with van der Waals surface area (Å²) in [5.74, 6) is -0.445. The predicted octanol–water partition coefficient (Wildman–Crippen LogP) is 3.74. The van der Waals surface area contributed by atoms with E-state index in [4.69, 9.17) is 5.26 Å². The first-order valence-electron chi connectivity index (χ1n) is 5.17. The van der Waals surface area contributed by atoms with Gasteiger partial charge in [0.25, 0.3) is 12.5 Å². The Kier molecular flexibility index (Phi) is 3.39. The number of benzene rings is 1. The van der Waals surface area contributed by atoms with E-state index in [1.165, 1.54) is 24.3 Å². The van der Waals surface area contributed by atoms with Crippen LogP contribution >= 0.6 is 11.8 Å². The van der Waals surface area contributed by atoms with Gasteiger partial charge >= 0.3 is 0 Å². The molecule has 88 valence electrons. The van der Waals surface area contributed by atoms with Crippen LogP contribution in [0.1, 0.15) is 5.56 Å². The molecular weight excluding hydrogens is 246 g/mol. The molecule has 6 heteroatoms. The summed E-state index contributed by atoms with van der Waals surface area (Å²) in [7, 11) is 0. The second-order valence-corrected chi connectivity index (χ2v) is 5.17. The molecule has 1 fully saturated rings. The van der Waals surface area contributed by atoms with Gasteiger partial charge in [0, 0.05) is 10.9 Å². The van der Waals surface area contributed by atoms with E-state index in [9.17, 15) is 13.2 Å². The molecule has 1 aromatic carbocycles. The van der Waals surface area contributed by atoms with Crippen molar-refractivity contribution in [2.45, 2.75) is 29.0 Å². The lowest BCUT2D eigenvalue weighted by Crippen LogP contribution is -2.41.